The van der Waals surface area contributed by atoms with Crippen LogP contribution in [0.25, 0.3) is 0 Å². The van der Waals surface area contributed by atoms with Gasteiger partial charge in [0.1, 0.15) is 5.60 Å². The van der Waals surface area contributed by atoms with E-state index in [-0.39, 0.29) is 12.1 Å². The number of hydrogen-bond donors (Lipinski definition) is 0. The number of cyclic esters (lactones) is 1. The third kappa shape index (κ3) is 1.81. The minimum atomic E-state index is -0.472. The second kappa shape index (κ2) is 3.86. The quantitative estimate of drug-likeness (QED) is 0.647. The summed E-state index contributed by atoms with van der Waals surface area (Å²) in [5, 5.41) is 0. The van der Waals surface area contributed by atoms with Gasteiger partial charge in [0.15, 0.2) is 0 Å². The zero-order chi connectivity index (χ0) is 10.8. The smallest absolute Gasteiger partial charge is 0.411 e. The Morgan fingerprint density at radius 3 is 2.79 bits per heavy atom. The average molecular weight is 195 g/mol. The molecule has 1 aliphatic heterocycles. The van der Waals surface area contributed by atoms with Crippen LogP contribution < -0.4 is 0 Å². The van der Waals surface area contributed by atoms with Crippen LogP contribution >= 0.6 is 0 Å². The molecule has 0 aliphatic carbocycles. The van der Waals surface area contributed by atoms with Crippen molar-refractivity contribution in [2.24, 2.45) is 0 Å². The maximum absolute atomic E-state index is 11.5. The van der Waals surface area contributed by atoms with E-state index in [1.165, 1.54) is 0 Å². The fourth-order valence-corrected chi connectivity index (χ4v) is 1.65. The van der Waals surface area contributed by atoms with E-state index in [4.69, 9.17) is 4.74 Å². The Morgan fingerprint density at radius 2 is 2.29 bits per heavy atom. The van der Waals surface area contributed by atoms with E-state index >= 15 is 0 Å². The molecule has 0 aromatic rings. The number of carbonyl (C=O) groups is 1. The maximum atomic E-state index is 11.5. The molecule has 78 valence electrons. The third-order valence-corrected chi connectivity index (χ3v) is 2.39. The first-order valence-corrected chi connectivity index (χ1v) is 4.76. The molecule has 3 nitrogen and oxygen atoms in total. The van der Waals surface area contributed by atoms with Gasteiger partial charge in [0.05, 0.1) is 6.04 Å². The zero-order valence-corrected chi connectivity index (χ0v) is 8.99. The van der Waals surface area contributed by atoms with Crippen LogP contribution in [-0.4, -0.2) is 29.2 Å². The molecule has 14 heavy (non-hydrogen) atoms. The lowest BCUT2D eigenvalue weighted by atomic mass is 9.99. The van der Waals surface area contributed by atoms with Gasteiger partial charge in [-0.15, -0.1) is 6.58 Å². The maximum Gasteiger partial charge on any atom is 0.411 e. The van der Waals surface area contributed by atoms with Crippen molar-refractivity contribution in [3.63, 3.8) is 0 Å². The Morgan fingerprint density at radius 1 is 1.64 bits per heavy atom. The summed E-state index contributed by atoms with van der Waals surface area (Å²) in [7, 11) is 0. The number of rotatable bonds is 3. The second-order valence-electron chi connectivity index (χ2n) is 3.87. The Hall–Kier alpha value is -1.25. The molecule has 1 aliphatic rings. The Bertz CT molecular complexity index is 268. The van der Waals surface area contributed by atoms with Crippen molar-refractivity contribution in [3.05, 3.63) is 24.8 Å². The molecule has 0 bridgehead atoms. The fourth-order valence-electron chi connectivity index (χ4n) is 1.65. The molecule has 0 radical (unpaired) electrons. The average Bonchev–Trinajstić information content (AvgIpc) is 2.31. The molecule has 1 rings (SSSR count). The van der Waals surface area contributed by atoms with E-state index in [2.05, 4.69) is 6.58 Å². The van der Waals surface area contributed by atoms with Gasteiger partial charge in [-0.25, -0.2) is 4.79 Å². The summed E-state index contributed by atoms with van der Waals surface area (Å²) in [6, 6.07) is -0.0498. The van der Waals surface area contributed by atoms with Gasteiger partial charge in [0.25, 0.3) is 0 Å². The summed E-state index contributed by atoms with van der Waals surface area (Å²) in [6.45, 7) is 10.0. The Labute approximate surface area is 85.0 Å². The first-order chi connectivity index (χ1) is 6.53. The highest BCUT2D eigenvalue weighted by molar-refractivity contribution is 5.72. The highest BCUT2D eigenvalue weighted by Crippen LogP contribution is 2.29. The van der Waals surface area contributed by atoms with Gasteiger partial charge in [-0.05, 0) is 20.8 Å². The van der Waals surface area contributed by atoms with Crippen LogP contribution in [0.5, 0.6) is 0 Å². The molecule has 1 amide bonds. The highest BCUT2D eigenvalue weighted by atomic mass is 16.6. The summed E-state index contributed by atoms with van der Waals surface area (Å²) in [4.78, 5) is 13.2. The van der Waals surface area contributed by atoms with E-state index in [1.807, 2.05) is 32.9 Å². The van der Waals surface area contributed by atoms with E-state index in [1.54, 1.807) is 11.0 Å². The van der Waals surface area contributed by atoms with E-state index in [9.17, 15) is 4.79 Å². The summed E-state index contributed by atoms with van der Waals surface area (Å²) in [6.07, 6.45) is 5.34. The van der Waals surface area contributed by atoms with Gasteiger partial charge in [0.2, 0.25) is 0 Å². The molecular formula is C11H17NO2. The van der Waals surface area contributed by atoms with E-state index in [0.717, 1.165) is 0 Å². The van der Waals surface area contributed by atoms with E-state index in [0.29, 0.717) is 6.54 Å². The molecule has 1 fully saturated rings. The topological polar surface area (TPSA) is 29.5 Å². The Balaban J connectivity index is 2.83. The second-order valence-corrected chi connectivity index (χ2v) is 3.87. The summed E-state index contributed by atoms with van der Waals surface area (Å²) in [5.74, 6) is 0. The highest BCUT2D eigenvalue weighted by Gasteiger charge is 2.45. The molecule has 0 N–H and O–H groups in total. The largest absolute Gasteiger partial charge is 0.441 e. The van der Waals surface area contributed by atoms with Crippen molar-refractivity contribution in [2.45, 2.75) is 32.4 Å². The minimum Gasteiger partial charge on any atom is -0.441 e. The van der Waals surface area contributed by atoms with Gasteiger partial charge in [0, 0.05) is 6.54 Å². The first kappa shape index (κ1) is 10.8. The van der Waals surface area contributed by atoms with Crippen LogP contribution in [0, 0.1) is 0 Å². The summed E-state index contributed by atoms with van der Waals surface area (Å²) in [5.41, 5.74) is -0.472. The fraction of sp³-hybridized carbons (Fsp3) is 0.545. The van der Waals surface area contributed by atoms with Crippen LogP contribution in [0.2, 0.25) is 0 Å². The molecular weight excluding hydrogens is 178 g/mol. The molecule has 0 aromatic heterocycles. The van der Waals surface area contributed by atoms with Crippen molar-refractivity contribution < 1.29 is 9.53 Å². The molecule has 0 aromatic carbocycles. The van der Waals surface area contributed by atoms with Gasteiger partial charge >= 0.3 is 6.09 Å². The molecule has 1 unspecified atom stereocenters. The molecule has 1 saturated heterocycles. The lowest BCUT2D eigenvalue weighted by molar-refractivity contribution is 0.0765. The monoisotopic (exact) mass is 195 g/mol. The molecule has 0 saturated carbocycles. The van der Waals surface area contributed by atoms with Crippen molar-refractivity contribution in [2.75, 3.05) is 6.54 Å². The summed E-state index contributed by atoms with van der Waals surface area (Å²) < 4.78 is 5.24. The van der Waals surface area contributed by atoms with Crippen LogP contribution in [0.4, 0.5) is 4.79 Å². The lowest BCUT2D eigenvalue weighted by Crippen LogP contribution is -2.39. The molecule has 0 spiro atoms. The first-order valence-electron chi connectivity index (χ1n) is 4.76. The van der Waals surface area contributed by atoms with Crippen LogP contribution in [0.15, 0.2) is 24.8 Å². The molecule has 3 heteroatoms. The standard InChI is InChI=1S/C11H17NO2/c1-5-7-8-12-9(6-2)11(3,4)14-10(12)13/h5-7,9H,2,8H2,1,3-4H3/b7-5-. The lowest BCUT2D eigenvalue weighted by Gasteiger charge is -2.24. The number of nitrogens with zero attached hydrogens (tertiary/aromatic N) is 1. The number of allylic oxidation sites excluding steroid dienone is 1. The number of hydrogen-bond acceptors (Lipinski definition) is 2. The third-order valence-electron chi connectivity index (χ3n) is 2.39. The van der Waals surface area contributed by atoms with Crippen LogP contribution in [0.1, 0.15) is 20.8 Å². The van der Waals surface area contributed by atoms with Crippen molar-refractivity contribution >= 4 is 6.09 Å². The normalized spacial score (nSPS) is 25.5. The predicted octanol–water partition coefficient (Wildman–Crippen LogP) is 2.35. The SMILES string of the molecule is C=CC1N(C/C=C\C)C(=O)OC1(C)C. The van der Waals surface area contributed by atoms with Gasteiger partial charge in [-0.1, -0.05) is 18.2 Å². The van der Waals surface area contributed by atoms with E-state index < -0.39 is 5.60 Å². The minimum absolute atomic E-state index is 0.0498. The van der Waals surface area contributed by atoms with Crippen LogP contribution in [0.3, 0.4) is 0 Å². The van der Waals surface area contributed by atoms with Crippen molar-refractivity contribution in [1.82, 2.24) is 4.90 Å². The predicted molar refractivity (Wildman–Crippen MR) is 56.1 cm³/mol. The Kier molecular flexibility index (Phi) is 2.99. The number of ether oxygens (including phenoxy) is 1. The summed E-state index contributed by atoms with van der Waals surface area (Å²) >= 11 is 0. The molecule has 1 heterocycles. The number of carbonyl (C=O) groups excluding carboxylic acids is 1. The van der Waals surface area contributed by atoms with Crippen LogP contribution in [-0.2, 0) is 4.74 Å². The van der Waals surface area contributed by atoms with Crippen molar-refractivity contribution in [3.8, 4) is 0 Å². The number of amides is 1. The van der Waals surface area contributed by atoms with Crippen molar-refractivity contribution in [1.29, 1.82) is 0 Å². The zero-order valence-electron chi connectivity index (χ0n) is 8.99. The van der Waals surface area contributed by atoms with Gasteiger partial charge < -0.3 is 4.74 Å². The molecule has 1 atom stereocenters. The van der Waals surface area contributed by atoms with Gasteiger partial charge in [-0.2, -0.15) is 0 Å². The van der Waals surface area contributed by atoms with Gasteiger partial charge in [-0.3, -0.25) is 4.90 Å².